The van der Waals surface area contributed by atoms with Gasteiger partial charge in [-0.25, -0.2) is 4.39 Å². The minimum absolute atomic E-state index is 0. The third kappa shape index (κ3) is 8.02. The van der Waals surface area contributed by atoms with E-state index < -0.39 is 0 Å². The average molecular weight is 561 g/mol. The second-order valence-electron chi connectivity index (χ2n) is 9.25. The molecule has 0 aliphatic carbocycles. The van der Waals surface area contributed by atoms with Crippen molar-refractivity contribution in [3.05, 3.63) is 29.6 Å². The van der Waals surface area contributed by atoms with Gasteiger partial charge in [0.05, 0.1) is 5.69 Å². The first kappa shape index (κ1) is 27.1. The van der Waals surface area contributed by atoms with Gasteiger partial charge in [0.2, 0.25) is 0 Å². The number of aliphatic imine (C=N–C) groups is 1. The van der Waals surface area contributed by atoms with Gasteiger partial charge in [0.15, 0.2) is 5.96 Å². The Morgan fingerprint density at radius 2 is 1.78 bits per heavy atom. The number of likely N-dealkylation sites (tertiary alicyclic amines) is 1. The summed E-state index contributed by atoms with van der Waals surface area (Å²) in [4.78, 5) is 11.5. The molecule has 2 heterocycles. The molecule has 2 aliphatic heterocycles. The molecule has 0 radical (unpaired) electrons. The Kier molecular flexibility index (Phi) is 11.5. The van der Waals surface area contributed by atoms with E-state index >= 15 is 0 Å². The number of nitrogens with one attached hydrogen (secondary N) is 2. The molecule has 0 atom stereocenters. The summed E-state index contributed by atoms with van der Waals surface area (Å²) in [6, 6.07) is 6.05. The van der Waals surface area contributed by atoms with Crippen LogP contribution in [0.15, 0.2) is 23.2 Å². The number of piperidine rings is 1. The second kappa shape index (κ2) is 13.5. The predicted molar refractivity (Wildman–Crippen MR) is 144 cm³/mol. The Balaban J connectivity index is 0.00000363. The molecule has 1 aromatic carbocycles. The highest BCUT2D eigenvalue weighted by Crippen LogP contribution is 2.22. The summed E-state index contributed by atoms with van der Waals surface area (Å²) in [7, 11) is 1.79. The molecule has 0 saturated carbocycles. The van der Waals surface area contributed by atoms with E-state index in [1.54, 1.807) is 13.1 Å². The number of halogens is 2. The van der Waals surface area contributed by atoms with Crippen molar-refractivity contribution in [1.82, 2.24) is 20.4 Å². The summed E-state index contributed by atoms with van der Waals surface area (Å²) in [5.41, 5.74) is 1.65. The van der Waals surface area contributed by atoms with Gasteiger partial charge in [0.1, 0.15) is 5.82 Å². The number of rotatable bonds is 7. The molecule has 2 fully saturated rings. The number of piperazine rings is 1. The molecule has 2 saturated heterocycles. The van der Waals surface area contributed by atoms with Crippen molar-refractivity contribution in [3.63, 3.8) is 0 Å². The van der Waals surface area contributed by atoms with Gasteiger partial charge in [-0.3, -0.25) is 4.99 Å². The lowest BCUT2D eigenvalue weighted by Gasteiger charge is -2.35. The van der Waals surface area contributed by atoms with Crippen molar-refractivity contribution < 1.29 is 4.39 Å². The maximum absolute atomic E-state index is 14.8. The SMILES string of the molecule is CCN1CCN(c2ccc(CNC(=NC)NC3CCN(CC(C)C)CC3)cc2F)CC1.I. The summed E-state index contributed by atoms with van der Waals surface area (Å²) in [5.74, 6) is 1.37. The molecule has 0 spiro atoms. The zero-order chi connectivity index (χ0) is 22.2. The predicted octanol–water partition coefficient (Wildman–Crippen LogP) is 3.37. The van der Waals surface area contributed by atoms with Crippen molar-refractivity contribution in [1.29, 1.82) is 0 Å². The molecular formula is C24H42FIN6. The summed E-state index contributed by atoms with van der Waals surface area (Å²) in [5, 5.41) is 6.90. The Hall–Kier alpha value is -1.13. The number of nitrogens with zero attached hydrogens (tertiary/aromatic N) is 4. The molecule has 2 aliphatic rings. The normalized spacial score (nSPS) is 19.2. The lowest BCUT2D eigenvalue weighted by molar-refractivity contribution is 0.187. The summed E-state index contributed by atoms with van der Waals surface area (Å²) in [6.07, 6.45) is 2.25. The van der Waals surface area contributed by atoms with E-state index in [0.29, 0.717) is 18.5 Å². The van der Waals surface area contributed by atoms with Crippen LogP contribution < -0.4 is 15.5 Å². The van der Waals surface area contributed by atoms with Crippen LogP contribution in [0.3, 0.4) is 0 Å². The average Bonchev–Trinajstić information content (AvgIpc) is 2.77. The summed E-state index contributed by atoms with van der Waals surface area (Å²) >= 11 is 0. The number of hydrogen-bond acceptors (Lipinski definition) is 4. The van der Waals surface area contributed by atoms with Gasteiger partial charge in [-0.15, -0.1) is 24.0 Å². The van der Waals surface area contributed by atoms with Crippen molar-refractivity contribution >= 4 is 35.6 Å². The maximum Gasteiger partial charge on any atom is 0.191 e. The fourth-order valence-corrected chi connectivity index (χ4v) is 4.57. The highest BCUT2D eigenvalue weighted by atomic mass is 127. The number of guanidine groups is 1. The Morgan fingerprint density at radius 3 is 2.34 bits per heavy atom. The van der Waals surface area contributed by atoms with Crippen molar-refractivity contribution in [2.45, 2.75) is 46.2 Å². The van der Waals surface area contributed by atoms with Crippen LogP contribution in [0.25, 0.3) is 0 Å². The smallest absolute Gasteiger partial charge is 0.191 e. The zero-order valence-electron chi connectivity index (χ0n) is 20.2. The maximum atomic E-state index is 14.8. The number of benzene rings is 1. The van der Waals surface area contributed by atoms with Crippen LogP contribution in [0.1, 0.15) is 39.2 Å². The van der Waals surface area contributed by atoms with Gasteiger partial charge in [-0.1, -0.05) is 26.8 Å². The van der Waals surface area contributed by atoms with E-state index in [0.717, 1.165) is 75.9 Å². The molecule has 2 N–H and O–H groups in total. The van der Waals surface area contributed by atoms with Gasteiger partial charge in [0.25, 0.3) is 0 Å². The number of hydrogen-bond donors (Lipinski definition) is 2. The van der Waals surface area contributed by atoms with E-state index in [1.165, 1.54) is 6.54 Å². The highest BCUT2D eigenvalue weighted by molar-refractivity contribution is 14.0. The first-order valence-electron chi connectivity index (χ1n) is 11.9. The topological polar surface area (TPSA) is 46.1 Å². The first-order valence-corrected chi connectivity index (χ1v) is 11.9. The minimum atomic E-state index is -0.135. The van der Waals surface area contributed by atoms with Crippen molar-refractivity contribution in [3.8, 4) is 0 Å². The van der Waals surface area contributed by atoms with Gasteiger partial charge < -0.3 is 25.3 Å². The second-order valence-corrected chi connectivity index (χ2v) is 9.25. The fraction of sp³-hybridized carbons (Fsp3) is 0.708. The zero-order valence-corrected chi connectivity index (χ0v) is 22.6. The molecule has 0 bridgehead atoms. The van der Waals surface area contributed by atoms with E-state index in [1.807, 2.05) is 12.1 Å². The molecule has 3 rings (SSSR count). The molecule has 32 heavy (non-hydrogen) atoms. The summed E-state index contributed by atoms with van der Waals surface area (Å²) in [6.45, 7) is 15.6. The molecule has 0 unspecified atom stereocenters. The Bertz CT molecular complexity index is 712. The number of anilines is 1. The third-order valence-electron chi connectivity index (χ3n) is 6.41. The standard InChI is InChI=1S/C24H41FN6.HI/c1-5-29-12-14-31(15-13-29)23-7-6-20(16-22(23)25)17-27-24(26-4)28-21-8-10-30(11-9-21)18-19(2)3;/h6-7,16,19,21H,5,8-15,17-18H2,1-4H3,(H2,26,27,28);1H. The molecule has 1 aromatic rings. The van der Waals surface area contributed by atoms with Crippen LogP contribution >= 0.6 is 24.0 Å². The summed E-state index contributed by atoms with van der Waals surface area (Å²) < 4.78 is 14.8. The molecule has 182 valence electrons. The third-order valence-corrected chi connectivity index (χ3v) is 6.41. The van der Waals surface area contributed by atoms with Crippen LogP contribution in [0.4, 0.5) is 10.1 Å². The Morgan fingerprint density at radius 1 is 1.09 bits per heavy atom. The van der Waals surface area contributed by atoms with E-state index in [2.05, 4.69) is 51.1 Å². The van der Waals surface area contributed by atoms with Crippen LogP contribution in [-0.4, -0.2) is 81.2 Å². The van der Waals surface area contributed by atoms with Crippen LogP contribution in [0.5, 0.6) is 0 Å². The largest absolute Gasteiger partial charge is 0.367 e. The molecule has 8 heteroatoms. The Labute approximate surface area is 211 Å². The van der Waals surface area contributed by atoms with E-state index in [9.17, 15) is 4.39 Å². The van der Waals surface area contributed by atoms with Gasteiger partial charge in [-0.05, 0) is 43.0 Å². The van der Waals surface area contributed by atoms with Crippen LogP contribution in [0.2, 0.25) is 0 Å². The molecular weight excluding hydrogens is 518 g/mol. The monoisotopic (exact) mass is 560 g/mol. The van der Waals surface area contributed by atoms with Crippen LogP contribution in [-0.2, 0) is 6.54 Å². The molecule has 0 aromatic heterocycles. The van der Waals surface area contributed by atoms with Gasteiger partial charge >= 0.3 is 0 Å². The molecule has 0 amide bonds. The van der Waals surface area contributed by atoms with Crippen molar-refractivity contribution in [2.75, 3.05) is 64.3 Å². The molecule has 6 nitrogen and oxygen atoms in total. The van der Waals surface area contributed by atoms with Gasteiger partial charge in [-0.2, -0.15) is 0 Å². The van der Waals surface area contributed by atoms with E-state index in [4.69, 9.17) is 0 Å². The minimum Gasteiger partial charge on any atom is -0.367 e. The van der Waals surface area contributed by atoms with Crippen LogP contribution in [0, 0.1) is 11.7 Å². The number of likely N-dealkylation sites (N-methyl/N-ethyl adjacent to an activating group) is 1. The quantitative estimate of drug-likeness (QED) is 0.304. The first-order chi connectivity index (χ1) is 15.0. The van der Waals surface area contributed by atoms with Gasteiger partial charge in [0, 0.05) is 65.4 Å². The highest BCUT2D eigenvalue weighted by Gasteiger charge is 2.21. The van der Waals surface area contributed by atoms with Crippen molar-refractivity contribution in [2.24, 2.45) is 10.9 Å². The lowest BCUT2D eigenvalue weighted by Crippen LogP contribution is -2.49. The fourth-order valence-electron chi connectivity index (χ4n) is 4.57. The lowest BCUT2D eigenvalue weighted by atomic mass is 10.0. The van der Waals surface area contributed by atoms with E-state index in [-0.39, 0.29) is 29.8 Å².